The van der Waals surface area contributed by atoms with Crippen LogP contribution < -0.4 is 4.72 Å². The lowest BCUT2D eigenvalue weighted by Gasteiger charge is -2.29. The van der Waals surface area contributed by atoms with Gasteiger partial charge in [-0.15, -0.1) is 11.3 Å². The number of hydrogen-bond donors (Lipinski definition) is 1. The summed E-state index contributed by atoms with van der Waals surface area (Å²) in [6.45, 7) is 5.48. The zero-order valence-corrected chi connectivity index (χ0v) is 15.1. The van der Waals surface area contributed by atoms with Crippen LogP contribution in [0.4, 0.5) is 5.69 Å². The summed E-state index contributed by atoms with van der Waals surface area (Å²) in [7, 11) is 0. The molecule has 0 aliphatic carbocycles. The smallest absolute Gasteiger partial charge is 0.196 e. The Morgan fingerprint density at radius 2 is 2.35 bits per heavy atom. The molecule has 3 heterocycles. The standard InChI is InChI=1S/C16H17ClN4S2/c1-2-20-7-6-12-11(10-20)4-3-5-13(12)19-23-15-14(17)18-16-21(15)8-9-22-16/h3-5,8-9,19H,2,6-7,10H2,1H3. The number of halogens is 1. The molecule has 0 spiro atoms. The number of benzene rings is 1. The SMILES string of the molecule is CCN1CCc2c(cccc2NSc2c(Cl)nc3sccn23)C1. The molecule has 1 N–H and O–H groups in total. The maximum Gasteiger partial charge on any atom is 0.196 e. The molecule has 0 saturated heterocycles. The van der Waals surface area contributed by atoms with E-state index in [4.69, 9.17) is 11.6 Å². The van der Waals surface area contributed by atoms with Gasteiger partial charge in [-0.05, 0) is 30.2 Å². The van der Waals surface area contributed by atoms with Crippen molar-refractivity contribution in [2.45, 2.75) is 24.9 Å². The van der Waals surface area contributed by atoms with Gasteiger partial charge >= 0.3 is 0 Å². The van der Waals surface area contributed by atoms with Crippen LogP contribution >= 0.6 is 34.9 Å². The highest BCUT2D eigenvalue weighted by atomic mass is 35.5. The molecule has 4 rings (SSSR count). The molecule has 23 heavy (non-hydrogen) atoms. The van der Waals surface area contributed by atoms with Crippen LogP contribution in [-0.4, -0.2) is 27.4 Å². The Kier molecular flexibility index (Phi) is 4.24. The Labute approximate surface area is 148 Å². The van der Waals surface area contributed by atoms with E-state index in [0.717, 1.165) is 36.0 Å². The second-order valence-corrected chi connectivity index (χ2v) is 7.56. The number of thiazole rings is 1. The van der Waals surface area contributed by atoms with Gasteiger partial charge in [0.1, 0.15) is 5.03 Å². The van der Waals surface area contributed by atoms with Crippen LogP contribution in [0.2, 0.25) is 5.15 Å². The van der Waals surface area contributed by atoms with E-state index < -0.39 is 0 Å². The Morgan fingerprint density at radius 1 is 1.43 bits per heavy atom. The number of anilines is 1. The number of aromatic nitrogens is 2. The van der Waals surface area contributed by atoms with Crippen molar-refractivity contribution >= 4 is 45.5 Å². The Balaban J connectivity index is 1.58. The highest BCUT2D eigenvalue weighted by Gasteiger charge is 2.18. The van der Waals surface area contributed by atoms with E-state index in [2.05, 4.69) is 39.7 Å². The van der Waals surface area contributed by atoms with Crippen molar-refractivity contribution < 1.29 is 0 Å². The monoisotopic (exact) mass is 364 g/mol. The molecule has 120 valence electrons. The first-order valence-electron chi connectivity index (χ1n) is 7.63. The van der Waals surface area contributed by atoms with E-state index in [9.17, 15) is 0 Å². The van der Waals surface area contributed by atoms with E-state index >= 15 is 0 Å². The largest absolute Gasteiger partial charge is 0.324 e. The zero-order valence-electron chi connectivity index (χ0n) is 12.8. The third kappa shape index (κ3) is 2.85. The van der Waals surface area contributed by atoms with Crippen LogP contribution in [0, 0.1) is 0 Å². The van der Waals surface area contributed by atoms with Gasteiger partial charge in [-0.3, -0.25) is 9.30 Å². The Hall–Kier alpha value is -1.21. The molecule has 0 atom stereocenters. The fraction of sp³-hybridized carbons (Fsp3) is 0.312. The third-order valence-electron chi connectivity index (χ3n) is 4.23. The van der Waals surface area contributed by atoms with Gasteiger partial charge in [0.25, 0.3) is 0 Å². The molecule has 1 aliphatic heterocycles. The van der Waals surface area contributed by atoms with Gasteiger partial charge in [-0.1, -0.05) is 30.7 Å². The van der Waals surface area contributed by atoms with Crippen molar-refractivity contribution in [2.75, 3.05) is 17.8 Å². The fourth-order valence-corrected chi connectivity index (χ4v) is 4.85. The average molecular weight is 365 g/mol. The molecule has 0 fully saturated rings. The van der Waals surface area contributed by atoms with Gasteiger partial charge < -0.3 is 4.72 Å². The number of nitrogens with one attached hydrogen (secondary N) is 1. The van der Waals surface area contributed by atoms with Gasteiger partial charge in [0.05, 0.1) is 0 Å². The van der Waals surface area contributed by atoms with Crippen LogP contribution in [0.3, 0.4) is 0 Å². The maximum atomic E-state index is 6.26. The average Bonchev–Trinajstić information content (AvgIpc) is 3.13. The second kappa shape index (κ2) is 6.36. The van der Waals surface area contributed by atoms with E-state index in [1.165, 1.54) is 28.8 Å². The normalized spacial score (nSPS) is 15.0. The molecule has 4 nitrogen and oxygen atoms in total. The molecule has 0 saturated carbocycles. The summed E-state index contributed by atoms with van der Waals surface area (Å²) < 4.78 is 5.51. The zero-order chi connectivity index (χ0) is 15.8. The fourth-order valence-electron chi connectivity index (χ4n) is 2.97. The minimum atomic E-state index is 0.552. The van der Waals surface area contributed by atoms with Crippen LogP contribution in [0.1, 0.15) is 18.1 Å². The molecular formula is C16H17ClN4S2. The highest BCUT2D eigenvalue weighted by Crippen LogP contribution is 2.33. The first-order chi connectivity index (χ1) is 11.3. The maximum absolute atomic E-state index is 6.26. The molecule has 0 amide bonds. The lowest BCUT2D eigenvalue weighted by molar-refractivity contribution is 0.268. The number of fused-ring (bicyclic) bond motifs is 2. The molecule has 0 radical (unpaired) electrons. The number of rotatable bonds is 4. The van der Waals surface area contributed by atoms with Crippen molar-refractivity contribution in [3.05, 3.63) is 46.1 Å². The third-order valence-corrected chi connectivity index (χ3v) is 6.27. The predicted octanol–water partition coefficient (Wildman–Crippen LogP) is 4.55. The van der Waals surface area contributed by atoms with E-state index in [1.807, 2.05) is 16.0 Å². The molecule has 2 aromatic heterocycles. The van der Waals surface area contributed by atoms with Crippen molar-refractivity contribution in [3.63, 3.8) is 0 Å². The first kappa shape index (κ1) is 15.3. The molecular weight excluding hydrogens is 348 g/mol. The van der Waals surface area contributed by atoms with Gasteiger partial charge in [-0.2, -0.15) is 0 Å². The summed E-state index contributed by atoms with van der Waals surface area (Å²) >= 11 is 9.39. The lowest BCUT2D eigenvalue weighted by Crippen LogP contribution is -2.30. The molecule has 1 aliphatic rings. The van der Waals surface area contributed by atoms with Crippen LogP contribution in [0.5, 0.6) is 0 Å². The summed E-state index contributed by atoms with van der Waals surface area (Å²) in [5.41, 5.74) is 4.03. The van der Waals surface area contributed by atoms with Gasteiger partial charge in [0.15, 0.2) is 10.1 Å². The minimum Gasteiger partial charge on any atom is -0.324 e. The van der Waals surface area contributed by atoms with Gasteiger partial charge in [-0.25, -0.2) is 4.98 Å². The minimum absolute atomic E-state index is 0.552. The summed E-state index contributed by atoms with van der Waals surface area (Å²) in [4.78, 5) is 7.77. The highest BCUT2D eigenvalue weighted by molar-refractivity contribution is 8.00. The number of imidazole rings is 1. The topological polar surface area (TPSA) is 32.6 Å². The van der Waals surface area contributed by atoms with Crippen LogP contribution in [-0.2, 0) is 13.0 Å². The number of likely N-dealkylation sites (N-methyl/N-ethyl adjacent to an activating group) is 1. The van der Waals surface area contributed by atoms with E-state index in [-0.39, 0.29) is 0 Å². The molecule has 3 aromatic rings. The Morgan fingerprint density at radius 3 is 3.22 bits per heavy atom. The van der Waals surface area contributed by atoms with Crippen LogP contribution in [0.15, 0.2) is 34.8 Å². The van der Waals surface area contributed by atoms with Crippen LogP contribution in [0.25, 0.3) is 4.96 Å². The predicted molar refractivity (Wildman–Crippen MR) is 98.7 cm³/mol. The summed E-state index contributed by atoms with van der Waals surface area (Å²) in [5.74, 6) is 0. The first-order valence-corrected chi connectivity index (χ1v) is 9.70. The molecule has 1 aromatic carbocycles. The molecule has 7 heteroatoms. The van der Waals surface area contributed by atoms with Gasteiger partial charge in [0.2, 0.25) is 0 Å². The van der Waals surface area contributed by atoms with Crippen molar-refractivity contribution in [1.82, 2.24) is 14.3 Å². The summed E-state index contributed by atoms with van der Waals surface area (Å²) in [6, 6.07) is 6.50. The molecule has 0 unspecified atom stereocenters. The van der Waals surface area contributed by atoms with Crippen molar-refractivity contribution in [3.8, 4) is 0 Å². The number of nitrogens with zero attached hydrogens (tertiary/aromatic N) is 3. The van der Waals surface area contributed by atoms with Gasteiger partial charge in [0, 0.05) is 42.3 Å². The summed E-state index contributed by atoms with van der Waals surface area (Å²) in [5, 5.41) is 3.51. The number of hydrogen-bond acceptors (Lipinski definition) is 5. The van der Waals surface area contributed by atoms with E-state index in [0.29, 0.717) is 5.15 Å². The quantitative estimate of drug-likeness (QED) is 0.688. The van der Waals surface area contributed by atoms with Crippen molar-refractivity contribution in [2.24, 2.45) is 0 Å². The molecule has 0 bridgehead atoms. The summed E-state index contributed by atoms with van der Waals surface area (Å²) in [6.07, 6.45) is 3.09. The Bertz CT molecular complexity index is 842. The second-order valence-electron chi connectivity index (χ2n) is 5.53. The van der Waals surface area contributed by atoms with Crippen molar-refractivity contribution in [1.29, 1.82) is 0 Å². The lowest BCUT2D eigenvalue weighted by atomic mass is 9.98. The van der Waals surface area contributed by atoms with E-state index in [1.54, 1.807) is 11.3 Å².